The van der Waals surface area contributed by atoms with Crippen LogP contribution in [0.5, 0.6) is 0 Å². The molecular weight excluding hydrogens is 260 g/mol. The van der Waals surface area contributed by atoms with Gasteiger partial charge in [0.2, 0.25) is 0 Å². The first-order chi connectivity index (χ1) is 9.89. The summed E-state index contributed by atoms with van der Waals surface area (Å²) in [6, 6.07) is 2.12. The highest BCUT2D eigenvalue weighted by Gasteiger charge is 2.34. The quantitative estimate of drug-likeness (QED) is 0.852. The molecular formula is C18H28N2O. The van der Waals surface area contributed by atoms with Gasteiger partial charge in [0.05, 0.1) is 0 Å². The van der Waals surface area contributed by atoms with Crippen LogP contribution in [0.4, 0.5) is 0 Å². The average Bonchev–Trinajstić information content (AvgIpc) is 2.96. The lowest BCUT2D eigenvalue weighted by Gasteiger charge is -2.30. The molecule has 3 heteroatoms. The summed E-state index contributed by atoms with van der Waals surface area (Å²) in [7, 11) is 0. The Morgan fingerprint density at radius 3 is 2.76 bits per heavy atom. The van der Waals surface area contributed by atoms with Crippen LogP contribution in [-0.2, 0) is 13.0 Å². The van der Waals surface area contributed by atoms with Crippen molar-refractivity contribution in [3.63, 3.8) is 0 Å². The molecule has 0 radical (unpaired) electrons. The summed E-state index contributed by atoms with van der Waals surface area (Å²) in [4.78, 5) is 14.9. The third-order valence-corrected chi connectivity index (χ3v) is 5.26. The van der Waals surface area contributed by atoms with Crippen molar-refractivity contribution in [2.75, 3.05) is 19.6 Å². The number of fused-ring (bicyclic) bond motifs is 1. The van der Waals surface area contributed by atoms with Crippen molar-refractivity contribution in [1.82, 2.24) is 9.47 Å². The van der Waals surface area contributed by atoms with Crippen molar-refractivity contribution in [3.8, 4) is 0 Å². The lowest BCUT2D eigenvalue weighted by Crippen LogP contribution is -2.29. The molecule has 1 aromatic heterocycles. The second-order valence-corrected chi connectivity index (χ2v) is 7.75. The maximum atomic E-state index is 12.4. The molecule has 1 aromatic rings. The second kappa shape index (κ2) is 5.28. The van der Waals surface area contributed by atoms with Gasteiger partial charge in [-0.2, -0.15) is 0 Å². The zero-order valence-corrected chi connectivity index (χ0v) is 13.9. The molecule has 1 fully saturated rings. The molecule has 3 rings (SSSR count). The van der Waals surface area contributed by atoms with Crippen molar-refractivity contribution in [2.24, 2.45) is 11.3 Å². The van der Waals surface area contributed by atoms with Gasteiger partial charge in [0.25, 0.3) is 0 Å². The number of hydrogen-bond acceptors (Lipinski definition) is 2. The van der Waals surface area contributed by atoms with E-state index < -0.39 is 0 Å². The van der Waals surface area contributed by atoms with Gasteiger partial charge in [-0.3, -0.25) is 4.79 Å². The number of aryl methyl sites for hydroxylation is 1. The van der Waals surface area contributed by atoms with Crippen LogP contribution in [0.15, 0.2) is 6.07 Å². The summed E-state index contributed by atoms with van der Waals surface area (Å²) < 4.78 is 2.44. The summed E-state index contributed by atoms with van der Waals surface area (Å²) >= 11 is 0. The molecule has 0 N–H and O–H groups in total. The maximum absolute atomic E-state index is 12.4. The highest BCUT2D eigenvalue weighted by molar-refractivity contribution is 5.99. The third-order valence-electron chi connectivity index (χ3n) is 5.26. The van der Waals surface area contributed by atoms with Crippen molar-refractivity contribution >= 4 is 5.78 Å². The molecule has 1 aliphatic heterocycles. The van der Waals surface area contributed by atoms with E-state index in [0.717, 1.165) is 31.0 Å². The number of hydrogen-bond donors (Lipinski definition) is 0. The normalized spacial score (nSPS) is 25.3. The van der Waals surface area contributed by atoms with Crippen molar-refractivity contribution in [1.29, 1.82) is 0 Å². The molecule has 2 aliphatic rings. The van der Waals surface area contributed by atoms with Crippen LogP contribution in [0.2, 0.25) is 0 Å². The molecule has 0 spiro atoms. The average molecular weight is 288 g/mol. The molecule has 116 valence electrons. The van der Waals surface area contributed by atoms with Crippen LogP contribution in [0.25, 0.3) is 0 Å². The van der Waals surface area contributed by atoms with Gasteiger partial charge in [-0.05, 0) is 50.3 Å². The first-order valence-corrected chi connectivity index (χ1v) is 8.34. The monoisotopic (exact) mass is 288 g/mol. The molecule has 0 aromatic carbocycles. The van der Waals surface area contributed by atoms with E-state index >= 15 is 0 Å². The minimum absolute atomic E-state index is 0.109. The van der Waals surface area contributed by atoms with Crippen molar-refractivity contribution in [3.05, 3.63) is 23.0 Å². The Morgan fingerprint density at radius 2 is 2.10 bits per heavy atom. The van der Waals surface area contributed by atoms with E-state index in [1.165, 1.54) is 30.9 Å². The van der Waals surface area contributed by atoms with Crippen molar-refractivity contribution in [2.45, 2.75) is 53.5 Å². The maximum Gasteiger partial charge on any atom is 0.165 e. The Hall–Kier alpha value is -1.09. The summed E-state index contributed by atoms with van der Waals surface area (Å²) in [6.07, 6.45) is 3.01. The number of likely N-dealkylation sites (tertiary alicyclic amines) is 1. The number of carbonyl (C=O) groups excluding carboxylic acids is 1. The minimum atomic E-state index is 0.109. The van der Waals surface area contributed by atoms with Gasteiger partial charge in [0.15, 0.2) is 5.78 Å². The molecule has 2 heterocycles. The van der Waals surface area contributed by atoms with E-state index in [-0.39, 0.29) is 5.41 Å². The van der Waals surface area contributed by atoms with Crippen LogP contribution in [0.3, 0.4) is 0 Å². The Balaban J connectivity index is 1.85. The first-order valence-electron chi connectivity index (χ1n) is 8.34. The highest BCUT2D eigenvalue weighted by Crippen LogP contribution is 2.36. The molecule has 1 aliphatic carbocycles. The zero-order chi connectivity index (χ0) is 15.2. The lowest BCUT2D eigenvalue weighted by molar-refractivity contribution is 0.0909. The lowest BCUT2D eigenvalue weighted by atomic mass is 9.76. The number of Topliss-reactive ketones (excluding diaryl/α,β-unsaturated/α-hetero) is 1. The molecule has 0 bridgehead atoms. The fraction of sp³-hybridized carbons (Fsp3) is 0.722. The van der Waals surface area contributed by atoms with Gasteiger partial charge < -0.3 is 9.47 Å². The number of carbonyl (C=O) groups is 1. The van der Waals surface area contributed by atoms with Crippen LogP contribution in [0.1, 0.15) is 55.4 Å². The molecule has 21 heavy (non-hydrogen) atoms. The van der Waals surface area contributed by atoms with Gasteiger partial charge in [-0.1, -0.05) is 20.8 Å². The smallest absolute Gasteiger partial charge is 0.165 e. The van der Waals surface area contributed by atoms with Crippen LogP contribution < -0.4 is 0 Å². The Bertz CT molecular complexity index is 556. The van der Waals surface area contributed by atoms with E-state index in [1.54, 1.807) is 0 Å². The molecule has 1 saturated heterocycles. The molecule has 3 nitrogen and oxygen atoms in total. The van der Waals surface area contributed by atoms with E-state index in [0.29, 0.717) is 12.2 Å². The number of nitrogens with zero attached hydrogens (tertiary/aromatic N) is 2. The summed E-state index contributed by atoms with van der Waals surface area (Å²) in [5, 5.41) is 0. The fourth-order valence-electron chi connectivity index (χ4n) is 4.07. The van der Waals surface area contributed by atoms with Gasteiger partial charge in [0, 0.05) is 36.5 Å². The van der Waals surface area contributed by atoms with Crippen LogP contribution in [-0.4, -0.2) is 34.9 Å². The van der Waals surface area contributed by atoms with Gasteiger partial charge in [-0.25, -0.2) is 0 Å². The summed E-state index contributed by atoms with van der Waals surface area (Å²) in [5.74, 6) is 1.07. The standard InChI is InChI=1S/C18H28N2O/c1-5-19-7-6-14(11-19)12-20-13(2)8-15-16(20)9-18(3,4)10-17(15)21/h8,14H,5-7,9-12H2,1-4H3. The van der Waals surface area contributed by atoms with Crippen LogP contribution >= 0.6 is 0 Å². The van der Waals surface area contributed by atoms with E-state index in [2.05, 4.69) is 43.2 Å². The molecule has 0 saturated carbocycles. The predicted molar refractivity (Wildman–Crippen MR) is 85.8 cm³/mol. The van der Waals surface area contributed by atoms with Gasteiger partial charge in [-0.15, -0.1) is 0 Å². The Labute approximate surface area is 128 Å². The number of rotatable bonds is 3. The minimum Gasteiger partial charge on any atom is -0.348 e. The number of aromatic nitrogens is 1. The number of ketones is 1. The first kappa shape index (κ1) is 14.8. The van der Waals surface area contributed by atoms with Gasteiger partial charge in [0.1, 0.15) is 0 Å². The summed E-state index contributed by atoms with van der Waals surface area (Å²) in [5.41, 5.74) is 3.67. The third kappa shape index (κ3) is 2.80. The van der Waals surface area contributed by atoms with Crippen LogP contribution in [0, 0.1) is 18.3 Å². The van der Waals surface area contributed by atoms with E-state index in [9.17, 15) is 4.79 Å². The highest BCUT2D eigenvalue weighted by atomic mass is 16.1. The second-order valence-electron chi connectivity index (χ2n) is 7.75. The largest absolute Gasteiger partial charge is 0.348 e. The molecule has 1 atom stereocenters. The Morgan fingerprint density at radius 1 is 1.33 bits per heavy atom. The zero-order valence-electron chi connectivity index (χ0n) is 13.9. The predicted octanol–water partition coefficient (Wildman–Crippen LogP) is 3.29. The van der Waals surface area contributed by atoms with Crippen molar-refractivity contribution < 1.29 is 4.79 Å². The SMILES string of the molecule is CCN1CCC(Cn2c(C)cc3c2CC(C)(C)CC3=O)C1. The topological polar surface area (TPSA) is 25.2 Å². The Kier molecular flexibility index (Phi) is 3.73. The van der Waals surface area contributed by atoms with E-state index in [1.807, 2.05) is 0 Å². The van der Waals surface area contributed by atoms with Gasteiger partial charge >= 0.3 is 0 Å². The van der Waals surface area contributed by atoms with E-state index in [4.69, 9.17) is 0 Å². The molecule has 0 amide bonds. The molecule has 1 unspecified atom stereocenters. The fourth-order valence-corrected chi connectivity index (χ4v) is 4.07. The summed E-state index contributed by atoms with van der Waals surface area (Å²) in [6.45, 7) is 13.5.